The predicted octanol–water partition coefficient (Wildman–Crippen LogP) is 3.76. The van der Waals surface area contributed by atoms with Gasteiger partial charge in [-0.3, -0.25) is 9.89 Å². The Kier molecular flexibility index (Phi) is 4.84. The summed E-state index contributed by atoms with van der Waals surface area (Å²) >= 11 is 0. The number of hydrogen-bond donors (Lipinski definition) is 1. The minimum absolute atomic E-state index is 0.0716. The van der Waals surface area contributed by atoms with E-state index in [2.05, 4.69) is 31.9 Å². The van der Waals surface area contributed by atoms with E-state index in [0.717, 1.165) is 38.7 Å². The van der Waals surface area contributed by atoms with Crippen LogP contribution in [-0.2, 0) is 4.79 Å². The molecule has 1 fully saturated rings. The van der Waals surface area contributed by atoms with Gasteiger partial charge in [0.25, 0.3) is 0 Å². The molecule has 1 amide bonds. The number of aromatic amines is 1. The summed E-state index contributed by atoms with van der Waals surface area (Å²) in [6, 6.07) is 5.90. The Labute approximate surface area is 184 Å². The van der Waals surface area contributed by atoms with Crippen LogP contribution in [0.1, 0.15) is 11.1 Å². The van der Waals surface area contributed by atoms with E-state index in [0.29, 0.717) is 31.7 Å². The number of halogens is 1. The molecule has 0 saturated carbocycles. The Morgan fingerprint density at radius 1 is 1.09 bits per heavy atom. The number of rotatable bonds is 3. The number of hydrogen-bond acceptors (Lipinski definition) is 5. The van der Waals surface area contributed by atoms with Crippen LogP contribution >= 0.6 is 0 Å². The van der Waals surface area contributed by atoms with Crippen LogP contribution in [0.5, 0.6) is 0 Å². The van der Waals surface area contributed by atoms with Crippen molar-refractivity contribution in [1.82, 2.24) is 25.3 Å². The van der Waals surface area contributed by atoms with Gasteiger partial charge < -0.3 is 9.80 Å². The van der Waals surface area contributed by atoms with Gasteiger partial charge >= 0.3 is 0 Å². The molecule has 162 valence electrons. The first-order valence-corrected chi connectivity index (χ1v) is 10.5. The number of benzene rings is 2. The molecule has 0 radical (unpaired) electrons. The van der Waals surface area contributed by atoms with Crippen molar-refractivity contribution in [2.24, 2.45) is 0 Å². The SMILES string of the molecule is C=CC(=O)N1CCN(c2cnnc3c(F)c(-c4c(C)ccc5[nH]ncc45)c(C)cc23)CC1. The maximum absolute atomic E-state index is 16.0. The Hall–Kier alpha value is -3.81. The number of nitrogens with one attached hydrogen (secondary N) is 1. The summed E-state index contributed by atoms with van der Waals surface area (Å²) in [6.07, 6.45) is 4.74. The standard InChI is InChI=1S/C24H23FN6O/c1-4-20(32)31-9-7-30(8-10-31)19-13-27-29-24-16(19)11-15(3)22(23(24)25)21-14(2)5-6-18-17(21)12-26-28-18/h4-6,11-13H,1,7-10H2,2-3H3,(H,26,28). The third-order valence-electron chi connectivity index (χ3n) is 6.24. The van der Waals surface area contributed by atoms with Gasteiger partial charge in [-0.1, -0.05) is 12.6 Å². The van der Waals surface area contributed by atoms with Crippen molar-refractivity contribution in [2.75, 3.05) is 31.1 Å². The second-order valence-electron chi connectivity index (χ2n) is 8.11. The van der Waals surface area contributed by atoms with E-state index in [1.807, 2.05) is 32.0 Å². The molecule has 4 aromatic rings. The van der Waals surface area contributed by atoms with Gasteiger partial charge in [0.15, 0.2) is 5.82 Å². The van der Waals surface area contributed by atoms with Crippen molar-refractivity contribution >= 4 is 33.4 Å². The molecule has 5 rings (SSSR count). The third-order valence-corrected chi connectivity index (χ3v) is 6.24. The lowest BCUT2D eigenvalue weighted by atomic mass is 9.91. The van der Waals surface area contributed by atoms with Crippen LogP contribution in [0.25, 0.3) is 32.9 Å². The largest absolute Gasteiger partial charge is 0.366 e. The highest BCUT2D eigenvalue weighted by Gasteiger charge is 2.24. The van der Waals surface area contributed by atoms with Gasteiger partial charge in [0.2, 0.25) is 5.91 Å². The molecule has 7 nitrogen and oxygen atoms in total. The van der Waals surface area contributed by atoms with Crippen LogP contribution in [0.4, 0.5) is 10.1 Å². The van der Waals surface area contributed by atoms with Crippen LogP contribution < -0.4 is 4.90 Å². The third kappa shape index (κ3) is 3.10. The summed E-state index contributed by atoms with van der Waals surface area (Å²) in [4.78, 5) is 15.8. The Morgan fingerprint density at radius 2 is 1.88 bits per heavy atom. The van der Waals surface area contributed by atoms with Crippen LogP contribution in [-0.4, -0.2) is 57.4 Å². The molecular weight excluding hydrogens is 407 g/mol. The fourth-order valence-corrected chi connectivity index (χ4v) is 4.58. The average Bonchev–Trinajstić information content (AvgIpc) is 3.28. The maximum atomic E-state index is 16.0. The molecule has 0 spiro atoms. The number of H-pyrrole nitrogens is 1. The summed E-state index contributed by atoms with van der Waals surface area (Å²) in [6.45, 7) is 9.87. The molecule has 2 aromatic carbocycles. The lowest BCUT2D eigenvalue weighted by Crippen LogP contribution is -2.48. The van der Waals surface area contributed by atoms with Crippen LogP contribution in [0, 0.1) is 19.7 Å². The van der Waals surface area contributed by atoms with Gasteiger partial charge in [0.1, 0.15) is 5.52 Å². The Morgan fingerprint density at radius 3 is 2.62 bits per heavy atom. The topological polar surface area (TPSA) is 78.0 Å². The minimum atomic E-state index is -0.383. The smallest absolute Gasteiger partial charge is 0.246 e. The fourth-order valence-electron chi connectivity index (χ4n) is 4.58. The molecule has 3 heterocycles. The summed E-state index contributed by atoms with van der Waals surface area (Å²) in [7, 11) is 0. The van der Waals surface area contributed by atoms with E-state index in [4.69, 9.17) is 0 Å². The number of piperazine rings is 1. The van der Waals surface area contributed by atoms with Gasteiger partial charge in [0, 0.05) is 42.5 Å². The van der Waals surface area contributed by atoms with Crippen molar-refractivity contribution in [3.05, 3.63) is 60.2 Å². The van der Waals surface area contributed by atoms with Gasteiger partial charge in [-0.15, -0.1) is 5.10 Å². The van der Waals surface area contributed by atoms with Crippen LogP contribution in [0.15, 0.2) is 43.2 Å². The van der Waals surface area contributed by atoms with Crippen molar-refractivity contribution in [2.45, 2.75) is 13.8 Å². The number of carbonyl (C=O) groups excluding carboxylic acids is 1. The van der Waals surface area contributed by atoms with E-state index in [1.165, 1.54) is 6.08 Å². The molecule has 0 unspecified atom stereocenters. The normalized spacial score (nSPS) is 14.3. The second-order valence-corrected chi connectivity index (χ2v) is 8.11. The Bertz CT molecular complexity index is 1370. The summed E-state index contributed by atoms with van der Waals surface area (Å²) in [5, 5.41) is 17.0. The Balaban J connectivity index is 1.62. The van der Waals surface area contributed by atoms with Crippen molar-refractivity contribution in [3.8, 4) is 11.1 Å². The number of aryl methyl sites for hydroxylation is 2. The van der Waals surface area contributed by atoms with Crippen molar-refractivity contribution in [3.63, 3.8) is 0 Å². The summed E-state index contributed by atoms with van der Waals surface area (Å²) < 4.78 is 16.0. The number of carbonyl (C=O) groups is 1. The molecule has 0 atom stereocenters. The fraction of sp³-hybridized carbons (Fsp3) is 0.250. The molecule has 1 saturated heterocycles. The van der Waals surface area contributed by atoms with E-state index in [1.54, 1.807) is 17.3 Å². The number of amides is 1. The van der Waals surface area contributed by atoms with E-state index in [-0.39, 0.29) is 17.2 Å². The van der Waals surface area contributed by atoms with E-state index < -0.39 is 0 Å². The quantitative estimate of drug-likeness (QED) is 0.501. The van der Waals surface area contributed by atoms with Crippen LogP contribution in [0.2, 0.25) is 0 Å². The zero-order valence-corrected chi connectivity index (χ0v) is 18.0. The predicted molar refractivity (Wildman–Crippen MR) is 123 cm³/mol. The van der Waals surface area contributed by atoms with Gasteiger partial charge in [-0.2, -0.15) is 10.2 Å². The number of aromatic nitrogens is 4. The maximum Gasteiger partial charge on any atom is 0.246 e. The molecule has 0 bridgehead atoms. The summed E-state index contributed by atoms with van der Waals surface area (Å²) in [5.74, 6) is -0.454. The van der Waals surface area contributed by atoms with Crippen molar-refractivity contribution in [1.29, 1.82) is 0 Å². The first-order valence-electron chi connectivity index (χ1n) is 10.5. The number of anilines is 1. The lowest BCUT2D eigenvalue weighted by molar-refractivity contribution is -0.126. The molecule has 2 aromatic heterocycles. The van der Waals surface area contributed by atoms with Gasteiger partial charge in [-0.05, 0) is 48.7 Å². The van der Waals surface area contributed by atoms with Gasteiger partial charge in [-0.25, -0.2) is 4.39 Å². The first-order chi connectivity index (χ1) is 15.5. The molecule has 0 aliphatic carbocycles. The monoisotopic (exact) mass is 430 g/mol. The van der Waals surface area contributed by atoms with Gasteiger partial charge in [0.05, 0.1) is 23.6 Å². The highest BCUT2D eigenvalue weighted by molar-refractivity contribution is 6.01. The number of fused-ring (bicyclic) bond motifs is 2. The second kappa shape index (κ2) is 7.71. The average molecular weight is 430 g/mol. The molecule has 8 heteroatoms. The zero-order chi connectivity index (χ0) is 22.4. The molecule has 1 aliphatic heterocycles. The number of nitrogens with zero attached hydrogens (tertiary/aromatic N) is 5. The summed E-state index contributed by atoms with van der Waals surface area (Å²) in [5.41, 5.74) is 5.05. The highest BCUT2D eigenvalue weighted by Crippen LogP contribution is 2.39. The molecule has 32 heavy (non-hydrogen) atoms. The highest BCUT2D eigenvalue weighted by atomic mass is 19.1. The van der Waals surface area contributed by atoms with Crippen molar-refractivity contribution < 1.29 is 9.18 Å². The zero-order valence-electron chi connectivity index (χ0n) is 18.0. The van der Waals surface area contributed by atoms with E-state index in [9.17, 15) is 4.79 Å². The first kappa shape index (κ1) is 20.1. The molecular formula is C24H23FN6O. The van der Waals surface area contributed by atoms with Crippen LogP contribution in [0.3, 0.4) is 0 Å². The van der Waals surface area contributed by atoms with E-state index >= 15 is 4.39 Å². The molecule has 1 N–H and O–H groups in total. The minimum Gasteiger partial charge on any atom is -0.366 e. The lowest BCUT2D eigenvalue weighted by Gasteiger charge is -2.36. The molecule has 1 aliphatic rings.